The monoisotopic (exact) mass is 329 g/mol. The molecule has 0 aliphatic heterocycles. The van der Waals surface area contributed by atoms with Crippen molar-refractivity contribution in [1.82, 2.24) is 5.32 Å². The van der Waals surface area contributed by atoms with Crippen LogP contribution in [0, 0.1) is 0 Å². The van der Waals surface area contributed by atoms with Crippen LogP contribution in [-0.4, -0.2) is 18.2 Å². The Morgan fingerprint density at radius 3 is 2.38 bits per heavy atom. The van der Waals surface area contributed by atoms with Crippen LogP contribution in [-0.2, 0) is 4.74 Å². The second-order valence-electron chi connectivity index (χ2n) is 5.81. The first-order valence-electron chi connectivity index (χ1n) is 6.74. The van der Waals surface area contributed by atoms with Crippen LogP contribution < -0.4 is 5.32 Å². The standard InChI is InChI=1S/C16H21Cl2NO2/c1-11(12-5-7-14(18)8-6-12)13(9-17)10-19-15(20)21-16(2,3)4/h5-9,11H,10H2,1-4H3,(H,19,20)/b13-9+. The Morgan fingerprint density at radius 2 is 1.90 bits per heavy atom. The van der Waals surface area contributed by atoms with Gasteiger partial charge in [-0.3, -0.25) is 0 Å². The smallest absolute Gasteiger partial charge is 0.407 e. The van der Waals surface area contributed by atoms with Gasteiger partial charge >= 0.3 is 6.09 Å². The quantitative estimate of drug-likeness (QED) is 0.835. The predicted molar refractivity (Wildman–Crippen MR) is 88.0 cm³/mol. The van der Waals surface area contributed by atoms with Gasteiger partial charge in [0.15, 0.2) is 0 Å². The maximum Gasteiger partial charge on any atom is 0.407 e. The lowest BCUT2D eigenvalue weighted by molar-refractivity contribution is 0.0532. The minimum Gasteiger partial charge on any atom is -0.444 e. The summed E-state index contributed by atoms with van der Waals surface area (Å²) in [4.78, 5) is 11.7. The highest BCUT2D eigenvalue weighted by Gasteiger charge is 2.17. The van der Waals surface area contributed by atoms with Gasteiger partial charge < -0.3 is 10.1 Å². The van der Waals surface area contributed by atoms with E-state index in [0.717, 1.165) is 11.1 Å². The van der Waals surface area contributed by atoms with E-state index < -0.39 is 11.7 Å². The van der Waals surface area contributed by atoms with Crippen LogP contribution >= 0.6 is 23.2 Å². The zero-order valence-electron chi connectivity index (χ0n) is 12.7. The largest absolute Gasteiger partial charge is 0.444 e. The number of benzene rings is 1. The van der Waals surface area contributed by atoms with Crippen molar-refractivity contribution >= 4 is 29.3 Å². The molecule has 1 N–H and O–H groups in total. The molecule has 21 heavy (non-hydrogen) atoms. The summed E-state index contributed by atoms with van der Waals surface area (Å²) in [5.74, 6) is 0.0784. The lowest BCUT2D eigenvalue weighted by atomic mass is 9.94. The summed E-state index contributed by atoms with van der Waals surface area (Å²) in [7, 11) is 0. The molecule has 0 aromatic heterocycles. The van der Waals surface area contributed by atoms with Crippen LogP contribution in [0.4, 0.5) is 4.79 Å². The number of hydrogen-bond acceptors (Lipinski definition) is 2. The fourth-order valence-electron chi connectivity index (χ4n) is 1.74. The van der Waals surface area contributed by atoms with Gasteiger partial charge in [0, 0.05) is 23.0 Å². The van der Waals surface area contributed by atoms with Crippen molar-refractivity contribution in [1.29, 1.82) is 0 Å². The molecule has 3 nitrogen and oxygen atoms in total. The molecule has 0 radical (unpaired) electrons. The summed E-state index contributed by atoms with van der Waals surface area (Å²) < 4.78 is 5.20. The average Bonchev–Trinajstić information content (AvgIpc) is 2.38. The molecule has 0 aliphatic carbocycles. The van der Waals surface area contributed by atoms with Crippen LogP contribution in [0.3, 0.4) is 0 Å². The van der Waals surface area contributed by atoms with Crippen LogP contribution in [0.2, 0.25) is 5.02 Å². The number of alkyl carbamates (subject to hydrolysis) is 1. The Hall–Kier alpha value is -1.19. The highest BCUT2D eigenvalue weighted by atomic mass is 35.5. The molecule has 5 heteroatoms. The normalized spacial score (nSPS) is 13.7. The van der Waals surface area contributed by atoms with Crippen molar-refractivity contribution in [3.8, 4) is 0 Å². The van der Waals surface area contributed by atoms with Gasteiger partial charge in [0.2, 0.25) is 0 Å². The average molecular weight is 330 g/mol. The summed E-state index contributed by atoms with van der Waals surface area (Å²) >= 11 is 11.8. The molecule has 0 spiro atoms. The molecule has 0 bridgehead atoms. The second-order valence-corrected chi connectivity index (χ2v) is 6.47. The van der Waals surface area contributed by atoms with E-state index in [1.165, 1.54) is 5.54 Å². The van der Waals surface area contributed by atoms with Crippen molar-refractivity contribution in [2.45, 2.75) is 39.2 Å². The topological polar surface area (TPSA) is 38.3 Å². The summed E-state index contributed by atoms with van der Waals surface area (Å²) in [5.41, 5.74) is 2.95. The Kier molecular flexibility index (Phi) is 6.56. The lowest BCUT2D eigenvalue weighted by Crippen LogP contribution is -2.34. The van der Waals surface area contributed by atoms with E-state index in [1.54, 1.807) is 0 Å². The maximum absolute atomic E-state index is 11.7. The Balaban J connectivity index is 2.63. The number of ether oxygens (including phenoxy) is 1. The molecule has 1 unspecified atom stereocenters. The highest BCUT2D eigenvalue weighted by molar-refractivity contribution is 6.30. The number of halogens is 2. The molecule has 0 aliphatic rings. The number of carbonyl (C=O) groups is 1. The fraction of sp³-hybridized carbons (Fsp3) is 0.438. The molecule has 0 fully saturated rings. The summed E-state index contributed by atoms with van der Waals surface area (Å²) in [6, 6.07) is 7.56. The summed E-state index contributed by atoms with van der Waals surface area (Å²) in [6.45, 7) is 7.82. The van der Waals surface area contributed by atoms with E-state index in [4.69, 9.17) is 27.9 Å². The SMILES string of the molecule is CC(/C(=C/Cl)CNC(=O)OC(C)(C)C)c1ccc(Cl)cc1. The zero-order valence-corrected chi connectivity index (χ0v) is 14.3. The van der Waals surface area contributed by atoms with E-state index in [-0.39, 0.29) is 5.92 Å². The predicted octanol–water partition coefficient (Wildman–Crippen LogP) is 5.09. The van der Waals surface area contributed by atoms with E-state index in [0.29, 0.717) is 11.6 Å². The van der Waals surface area contributed by atoms with Crippen molar-refractivity contribution in [2.75, 3.05) is 6.54 Å². The van der Waals surface area contributed by atoms with Gasteiger partial charge in [-0.15, -0.1) is 0 Å². The van der Waals surface area contributed by atoms with Crippen LogP contribution in [0.1, 0.15) is 39.2 Å². The van der Waals surface area contributed by atoms with Gasteiger partial charge in [0.25, 0.3) is 0 Å². The van der Waals surface area contributed by atoms with Gasteiger partial charge in [-0.2, -0.15) is 0 Å². The number of amides is 1. The Labute approximate surface area is 136 Å². The minimum atomic E-state index is -0.517. The highest BCUT2D eigenvalue weighted by Crippen LogP contribution is 2.25. The fourth-order valence-corrected chi connectivity index (χ4v) is 2.13. The first-order valence-corrected chi connectivity index (χ1v) is 7.56. The van der Waals surface area contributed by atoms with Gasteiger partial charge in [0.05, 0.1) is 0 Å². The molecule has 0 saturated carbocycles. The molecular formula is C16H21Cl2NO2. The number of rotatable bonds is 4. The first kappa shape index (κ1) is 17.9. The third-order valence-corrected chi connectivity index (χ3v) is 3.43. The summed E-state index contributed by atoms with van der Waals surface area (Å²) in [5, 5.41) is 3.40. The molecule has 1 atom stereocenters. The first-order chi connectivity index (χ1) is 9.73. The number of hydrogen-bond donors (Lipinski definition) is 1. The molecule has 1 aromatic carbocycles. The third kappa shape index (κ3) is 6.40. The third-order valence-electron chi connectivity index (χ3n) is 2.90. The molecular weight excluding hydrogens is 309 g/mol. The number of nitrogens with one attached hydrogen (secondary N) is 1. The molecule has 0 heterocycles. The van der Waals surface area contributed by atoms with Gasteiger partial charge in [-0.05, 0) is 44.0 Å². The number of carbonyl (C=O) groups excluding carboxylic acids is 1. The van der Waals surface area contributed by atoms with Crippen LogP contribution in [0.5, 0.6) is 0 Å². The zero-order chi connectivity index (χ0) is 16.0. The molecule has 116 valence electrons. The van der Waals surface area contributed by atoms with Gasteiger partial charge in [-0.1, -0.05) is 42.3 Å². The van der Waals surface area contributed by atoms with E-state index in [2.05, 4.69) is 5.32 Å². The van der Waals surface area contributed by atoms with Gasteiger partial charge in [0.1, 0.15) is 5.60 Å². The molecule has 1 amide bonds. The van der Waals surface area contributed by atoms with E-state index in [1.807, 2.05) is 52.0 Å². The Morgan fingerprint density at radius 1 is 1.33 bits per heavy atom. The van der Waals surface area contributed by atoms with E-state index in [9.17, 15) is 4.79 Å². The van der Waals surface area contributed by atoms with Crippen LogP contribution in [0.15, 0.2) is 35.4 Å². The van der Waals surface area contributed by atoms with Crippen LogP contribution in [0.25, 0.3) is 0 Å². The summed E-state index contributed by atoms with van der Waals surface area (Å²) in [6.07, 6.45) is -0.457. The second kappa shape index (κ2) is 7.71. The maximum atomic E-state index is 11.7. The van der Waals surface area contributed by atoms with E-state index >= 15 is 0 Å². The molecule has 0 saturated heterocycles. The molecule has 1 aromatic rings. The van der Waals surface area contributed by atoms with Crippen molar-refractivity contribution < 1.29 is 9.53 Å². The lowest BCUT2D eigenvalue weighted by Gasteiger charge is -2.21. The molecule has 1 rings (SSSR count). The van der Waals surface area contributed by atoms with Crippen molar-refractivity contribution in [3.63, 3.8) is 0 Å². The van der Waals surface area contributed by atoms with Gasteiger partial charge in [-0.25, -0.2) is 4.79 Å². The minimum absolute atomic E-state index is 0.0784. The Bertz CT molecular complexity index is 504. The van der Waals surface area contributed by atoms with Crippen molar-refractivity contribution in [2.24, 2.45) is 0 Å². The van der Waals surface area contributed by atoms with Crippen molar-refractivity contribution in [3.05, 3.63) is 46.0 Å².